The lowest BCUT2D eigenvalue weighted by Crippen LogP contribution is -2.28. The summed E-state index contributed by atoms with van der Waals surface area (Å²) in [4.78, 5) is 13.0. The molecule has 1 N–H and O–H groups in total. The van der Waals surface area contributed by atoms with E-state index in [0.29, 0.717) is 19.2 Å². The van der Waals surface area contributed by atoms with Crippen molar-refractivity contribution >= 4 is 21.9 Å². The second kappa shape index (κ2) is 7.09. The van der Waals surface area contributed by atoms with Gasteiger partial charge in [0.05, 0.1) is 13.0 Å². The molecule has 0 amide bonds. The van der Waals surface area contributed by atoms with E-state index >= 15 is 0 Å². The highest BCUT2D eigenvalue weighted by Gasteiger charge is 2.29. The Morgan fingerprint density at radius 3 is 2.85 bits per heavy atom. The smallest absolute Gasteiger partial charge is 0.304 e. The summed E-state index contributed by atoms with van der Waals surface area (Å²) in [5.74, 6) is 0.145. The third kappa shape index (κ3) is 4.49. The molecule has 1 aliphatic carbocycles. The third-order valence-electron chi connectivity index (χ3n) is 3.37. The van der Waals surface area contributed by atoms with Gasteiger partial charge in [0.2, 0.25) is 0 Å². The molecule has 0 bridgehead atoms. The highest BCUT2D eigenvalue weighted by molar-refractivity contribution is 9.10. The molecule has 0 aromatic heterocycles. The van der Waals surface area contributed by atoms with Crippen molar-refractivity contribution in [3.05, 3.63) is 28.2 Å². The summed E-state index contributed by atoms with van der Waals surface area (Å²) in [6, 6.07) is 6.52. The molecular formula is C15H20BrNO3. The quantitative estimate of drug-likeness (QED) is 0.788. The van der Waals surface area contributed by atoms with Crippen molar-refractivity contribution in [2.75, 3.05) is 13.2 Å². The number of carboxylic acid groups (broad SMARTS) is 1. The Hall–Kier alpha value is -1.07. The molecule has 1 saturated carbocycles. The molecule has 0 radical (unpaired) electrons. The number of benzene rings is 1. The van der Waals surface area contributed by atoms with E-state index in [-0.39, 0.29) is 6.42 Å². The zero-order valence-electron chi connectivity index (χ0n) is 11.6. The Labute approximate surface area is 127 Å². The van der Waals surface area contributed by atoms with Gasteiger partial charge in [0.25, 0.3) is 0 Å². The monoisotopic (exact) mass is 341 g/mol. The van der Waals surface area contributed by atoms with Gasteiger partial charge in [-0.15, -0.1) is 0 Å². The molecule has 20 heavy (non-hydrogen) atoms. The first kappa shape index (κ1) is 15.3. The summed E-state index contributed by atoms with van der Waals surface area (Å²) in [6.07, 6.45) is 2.52. The van der Waals surface area contributed by atoms with Crippen LogP contribution < -0.4 is 4.74 Å². The lowest BCUT2D eigenvalue weighted by Gasteiger charge is -2.22. The molecule has 4 nitrogen and oxygen atoms in total. The molecule has 0 unspecified atom stereocenters. The molecule has 1 aliphatic rings. The zero-order valence-corrected chi connectivity index (χ0v) is 13.2. The maximum absolute atomic E-state index is 10.8. The summed E-state index contributed by atoms with van der Waals surface area (Å²) in [5, 5.41) is 8.85. The van der Waals surface area contributed by atoms with Gasteiger partial charge < -0.3 is 9.84 Å². The number of rotatable bonds is 8. The minimum Gasteiger partial charge on any atom is -0.494 e. The predicted octanol–water partition coefficient (Wildman–Crippen LogP) is 3.29. The lowest BCUT2D eigenvalue weighted by atomic mass is 10.1. The highest BCUT2D eigenvalue weighted by atomic mass is 79.9. The van der Waals surface area contributed by atoms with Crippen molar-refractivity contribution < 1.29 is 14.6 Å². The molecule has 1 aromatic carbocycles. The number of ether oxygens (including phenoxy) is 1. The Morgan fingerprint density at radius 1 is 1.50 bits per heavy atom. The van der Waals surface area contributed by atoms with E-state index in [1.807, 2.05) is 19.1 Å². The van der Waals surface area contributed by atoms with Crippen LogP contribution in [0, 0.1) is 0 Å². The largest absolute Gasteiger partial charge is 0.494 e. The van der Waals surface area contributed by atoms with Gasteiger partial charge >= 0.3 is 5.97 Å². The Balaban J connectivity index is 2.08. The van der Waals surface area contributed by atoms with Gasteiger partial charge in [-0.3, -0.25) is 9.69 Å². The van der Waals surface area contributed by atoms with Gasteiger partial charge in [0.1, 0.15) is 5.75 Å². The van der Waals surface area contributed by atoms with Gasteiger partial charge in [-0.1, -0.05) is 15.9 Å². The molecule has 0 atom stereocenters. The first-order chi connectivity index (χ1) is 9.60. The van der Waals surface area contributed by atoms with Crippen molar-refractivity contribution in [3.8, 4) is 5.75 Å². The van der Waals surface area contributed by atoms with Gasteiger partial charge in [-0.05, 0) is 38.0 Å². The van der Waals surface area contributed by atoms with Crippen LogP contribution in [-0.4, -0.2) is 35.2 Å². The fraction of sp³-hybridized carbons (Fsp3) is 0.533. The van der Waals surface area contributed by atoms with E-state index in [9.17, 15) is 4.79 Å². The molecule has 0 heterocycles. The predicted molar refractivity (Wildman–Crippen MR) is 81.0 cm³/mol. The van der Waals surface area contributed by atoms with Crippen LogP contribution in [0.4, 0.5) is 0 Å². The van der Waals surface area contributed by atoms with Crippen LogP contribution in [-0.2, 0) is 11.3 Å². The number of halogens is 1. The van der Waals surface area contributed by atoms with Crippen LogP contribution in [0.5, 0.6) is 5.75 Å². The first-order valence-corrected chi connectivity index (χ1v) is 7.76. The van der Waals surface area contributed by atoms with Crippen LogP contribution in [0.2, 0.25) is 0 Å². The summed E-state index contributed by atoms with van der Waals surface area (Å²) in [5.41, 5.74) is 1.11. The van der Waals surface area contributed by atoms with Crippen LogP contribution >= 0.6 is 15.9 Å². The van der Waals surface area contributed by atoms with Crippen molar-refractivity contribution in [3.63, 3.8) is 0 Å². The molecular weight excluding hydrogens is 322 g/mol. The van der Waals surface area contributed by atoms with E-state index in [1.54, 1.807) is 0 Å². The average molecular weight is 342 g/mol. The lowest BCUT2D eigenvalue weighted by molar-refractivity contribution is -0.137. The normalized spacial score (nSPS) is 14.6. The zero-order chi connectivity index (χ0) is 14.5. The summed E-state index contributed by atoms with van der Waals surface area (Å²) < 4.78 is 6.67. The number of aliphatic carboxylic acids is 1. The van der Waals surface area contributed by atoms with E-state index in [1.165, 1.54) is 0 Å². The van der Waals surface area contributed by atoms with Gasteiger partial charge in [-0.2, -0.15) is 0 Å². The molecule has 1 fully saturated rings. The van der Waals surface area contributed by atoms with Crippen LogP contribution in [0.25, 0.3) is 0 Å². The van der Waals surface area contributed by atoms with Crippen molar-refractivity contribution in [2.24, 2.45) is 0 Å². The maximum atomic E-state index is 10.8. The van der Waals surface area contributed by atoms with Crippen LogP contribution in [0.3, 0.4) is 0 Å². The topological polar surface area (TPSA) is 49.8 Å². The van der Waals surface area contributed by atoms with E-state index in [0.717, 1.165) is 35.2 Å². The number of hydrogen-bond donors (Lipinski definition) is 1. The van der Waals surface area contributed by atoms with Crippen LogP contribution in [0.15, 0.2) is 22.7 Å². The summed E-state index contributed by atoms with van der Waals surface area (Å²) in [7, 11) is 0. The number of nitrogens with zero attached hydrogens (tertiary/aromatic N) is 1. The Kier molecular flexibility index (Phi) is 5.43. The highest BCUT2D eigenvalue weighted by Crippen LogP contribution is 2.31. The van der Waals surface area contributed by atoms with Crippen molar-refractivity contribution in [1.29, 1.82) is 0 Å². The number of hydrogen-bond acceptors (Lipinski definition) is 3. The van der Waals surface area contributed by atoms with Crippen molar-refractivity contribution in [1.82, 2.24) is 4.90 Å². The molecule has 5 heteroatoms. The average Bonchev–Trinajstić information content (AvgIpc) is 3.21. The summed E-state index contributed by atoms with van der Waals surface area (Å²) in [6.45, 7) is 3.94. The molecule has 0 aliphatic heterocycles. The molecule has 110 valence electrons. The second-order valence-electron chi connectivity index (χ2n) is 5.03. The molecule has 0 spiro atoms. The second-order valence-corrected chi connectivity index (χ2v) is 5.95. The SMILES string of the molecule is CCOc1ccc(Br)cc1CN(CCC(=O)O)C1CC1. The van der Waals surface area contributed by atoms with Gasteiger partial charge in [0, 0.05) is 29.2 Å². The Morgan fingerprint density at radius 2 is 2.25 bits per heavy atom. The maximum Gasteiger partial charge on any atom is 0.304 e. The van der Waals surface area contributed by atoms with Gasteiger partial charge in [-0.25, -0.2) is 0 Å². The van der Waals surface area contributed by atoms with E-state index in [2.05, 4.69) is 26.9 Å². The molecule has 2 rings (SSSR count). The summed E-state index contributed by atoms with van der Waals surface area (Å²) >= 11 is 3.48. The minimum absolute atomic E-state index is 0.189. The molecule has 1 aromatic rings. The van der Waals surface area contributed by atoms with Crippen molar-refractivity contribution in [2.45, 2.75) is 38.8 Å². The van der Waals surface area contributed by atoms with E-state index < -0.39 is 5.97 Å². The fourth-order valence-corrected chi connectivity index (χ4v) is 2.66. The van der Waals surface area contributed by atoms with Crippen LogP contribution in [0.1, 0.15) is 31.7 Å². The first-order valence-electron chi connectivity index (χ1n) is 6.97. The number of carboxylic acids is 1. The standard InChI is InChI=1S/C15H20BrNO3/c1-2-20-14-6-3-12(16)9-11(14)10-17(13-4-5-13)8-7-15(18)19/h3,6,9,13H,2,4-5,7-8,10H2,1H3,(H,18,19). The van der Waals surface area contributed by atoms with E-state index in [4.69, 9.17) is 9.84 Å². The molecule has 0 saturated heterocycles. The number of carbonyl (C=O) groups is 1. The minimum atomic E-state index is -0.741. The Bertz CT molecular complexity index is 474. The fourth-order valence-electron chi connectivity index (χ4n) is 2.26. The third-order valence-corrected chi connectivity index (χ3v) is 3.87. The van der Waals surface area contributed by atoms with Gasteiger partial charge in [0.15, 0.2) is 0 Å².